The van der Waals surface area contributed by atoms with Gasteiger partial charge in [0.05, 0.1) is 22.1 Å². The molecule has 9 heteroatoms. The van der Waals surface area contributed by atoms with E-state index in [1.807, 2.05) is 12.1 Å². The number of rotatable bonds is 3. The van der Waals surface area contributed by atoms with Gasteiger partial charge in [0.2, 0.25) is 5.91 Å². The Morgan fingerprint density at radius 1 is 1.06 bits per heavy atom. The molecular formula is C23H20ClFN4O3. The monoisotopic (exact) mass is 454 g/mol. The number of para-hydroxylation sites is 1. The molecule has 2 heterocycles. The molecule has 0 aliphatic carbocycles. The number of halogens is 2. The van der Waals surface area contributed by atoms with Gasteiger partial charge in [-0.15, -0.1) is 0 Å². The Labute approximate surface area is 188 Å². The normalized spacial score (nSPS) is 12.8. The van der Waals surface area contributed by atoms with Gasteiger partial charge in [-0.3, -0.25) is 19.4 Å². The molecule has 0 unspecified atom stereocenters. The van der Waals surface area contributed by atoms with Gasteiger partial charge in [-0.25, -0.2) is 9.18 Å². The zero-order valence-electron chi connectivity index (χ0n) is 17.6. The van der Waals surface area contributed by atoms with Gasteiger partial charge in [-0.1, -0.05) is 29.8 Å². The summed E-state index contributed by atoms with van der Waals surface area (Å²) < 4.78 is 15.2. The molecular weight excluding hydrogens is 435 g/mol. The van der Waals surface area contributed by atoms with Crippen molar-refractivity contribution in [3.8, 4) is 11.3 Å². The number of carbonyl (C=O) groups is 2. The lowest BCUT2D eigenvalue weighted by Crippen LogP contribution is -2.45. The number of fused-ring (bicyclic) bond motifs is 3. The van der Waals surface area contributed by atoms with Crippen LogP contribution in [0.15, 0.2) is 53.3 Å². The second kappa shape index (κ2) is 8.12. The van der Waals surface area contributed by atoms with Gasteiger partial charge < -0.3 is 9.88 Å². The lowest BCUT2D eigenvalue weighted by molar-refractivity contribution is -0.114. The summed E-state index contributed by atoms with van der Waals surface area (Å²) in [6, 6.07) is 12.3. The standard InChI is InChI=1S/C23H20ClFN4O3/c1-13-10-19-21(28(3)22(13)31)15-6-4-5-7-18(15)27(2)23(32)29(19)12-20(30)26-14-8-9-16(24)17(25)11-14/h4-11H,12H2,1-3H3,(H,26,30). The lowest BCUT2D eigenvalue weighted by atomic mass is 10.1. The predicted octanol–water partition coefficient (Wildman–Crippen LogP) is 4.17. The minimum Gasteiger partial charge on any atom is -0.324 e. The molecule has 1 aliphatic rings. The molecule has 0 radical (unpaired) electrons. The van der Waals surface area contributed by atoms with Crippen LogP contribution in [0.25, 0.3) is 11.3 Å². The van der Waals surface area contributed by atoms with E-state index in [-0.39, 0.29) is 22.8 Å². The van der Waals surface area contributed by atoms with E-state index in [1.165, 1.54) is 26.5 Å². The van der Waals surface area contributed by atoms with Crippen LogP contribution in [0.5, 0.6) is 0 Å². The van der Waals surface area contributed by atoms with Crippen LogP contribution in [-0.4, -0.2) is 30.1 Å². The summed E-state index contributed by atoms with van der Waals surface area (Å²) in [5, 5.41) is 2.53. The maximum Gasteiger partial charge on any atom is 0.329 e. The summed E-state index contributed by atoms with van der Waals surface area (Å²) in [6.45, 7) is 1.31. The molecule has 0 bridgehead atoms. The van der Waals surface area contributed by atoms with Crippen molar-refractivity contribution in [3.05, 3.63) is 75.3 Å². The van der Waals surface area contributed by atoms with Gasteiger partial charge in [-0.2, -0.15) is 0 Å². The first-order valence-corrected chi connectivity index (χ1v) is 10.2. The second-order valence-corrected chi connectivity index (χ2v) is 7.95. The van der Waals surface area contributed by atoms with Crippen LogP contribution >= 0.6 is 11.6 Å². The van der Waals surface area contributed by atoms with Crippen LogP contribution in [0, 0.1) is 12.7 Å². The Hall–Kier alpha value is -3.65. The van der Waals surface area contributed by atoms with Crippen molar-refractivity contribution in [2.45, 2.75) is 6.92 Å². The number of urea groups is 1. The lowest BCUT2D eigenvalue weighted by Gasteiger charge is -2.26. The number of aromatic nitrogens is 1. The Morgan fingerprint density at radius 2 is 1.78 bits per heavy atom. The Bertz CT molecular complexity index is 1320. The number of nitrogens with zero attached hydrogens (tertiary/aromatic N) is 3. The number of carbonyl (C=O) groups excluding carboxylic acids is 2. The fourth-order valence-electron chi connectivity index (χ4n) is 3.82. The van der Waals surface area contributed by atoms with Crippen LogP contribution < -0.4 is 20.7 Å². The summed E-state index contributed by atoms with van der Waals surface area (Å²) in [4.78, 5) is 41.6. The Morgan fingerprint density at radius 3 is 2.50 bits per heavy atom. The Kier molecular flexibility index (Phi) is 5.48. The summed E-state index contributed by atoms with van der Waals surface area (Å²) in [5.74, 6) is -1.20. The molecule has 0 fully saturated rings. The van der Waals surface area contributed by atoms with Gasteiger partial charge in [0, 0.05) is 30.9 Å². The zero-order valence-corrected chi connectivity index (χ0v) is 18.4. The molecule has 3 aromatic rings. The third-order valence-electron chi connectivity index (χ3n) is 5.41. The molecule has 2 aromatic carbocycles. The molecule has 0 spiro atoms. The number of amides is 3. The topological polar surface area (TPSA) is 74.7 Å². The Balaban J connectivity index is 1.79. The molecule has 32 heavy (non-hydrogen) atoms. The third kappa shape index (κ3) is 3.62. The fraction of sp³-hybridized carbons (Fsp3) is 0.174. The molecule has 1 aliphatic heterocycles. The van der Waals surface area contributed by atoms with E-state index in [1.54, 1.807) is 39.2 Å². The quantitative estimate of drug-likeness (QED) is 0.645. The number of benzene rings is 2. The number of pyridine rings is 1. The number of aryl methyl sites for hydroxylation is 1. The van der Waals surface area contributed by atoms with Crippen molar-refractivity contribution in [3.63, 3.8) is 0 Å². The summed E-state index contributed by atoms with van der Waals surface area (Å²) in [6.07, 6.45) is 0. The van der Waals surface area contributed by atoms with Crippen molar-refractivity contribution in [2.75, 3.05) is 28.7 Å². The first-order valence-electron chi connectivity index (χ1n) is 9.79. The van der Waals surface area contributed by atoms with E-state index >= 15 is 0 Å². The van der Waals surface area contributed by atoms with Crippen molar-refractivity contribution in [2.24, 2.45) is 7.05 Å². The molecule has 7 nitrogen and oxygen atoms in total. The van der Waals surface area contributed by atoms with Crippen molar-refractivity contribution >= 4 is 40.6 Å². The molecule has 0 saturated carbocycles. The van der Waals surface area contributed by atoms with Crippen LogP contribution in [0.1, 0.15) is 5.56 Å². The maximum atomic E-state index is 13.7. The van der Waals surface area contributed by atoms with Crippen molar-refractivity contribution < 1.29 is 14.0 Å². The maximum absolute atomic E-state index is 13.7. The first kappa shape index (κ1) is 21.6. The van der Waals surface area contributed by atoms with Crippen LogP contribution in [0.4, 0.5) is 26.2 Å². The predicted molar refractivity (Wildman–Crippen MR) is 123 cm³/mol. The largest absolute Gasteiger partial charge is 0.329 e. The van der Waals surface area contributed by atoms with E-state index in [0.717, 1.165) is 6.07 Å². The fourth-order valence-corrected chi connectivity index (χ4v) is 3.94. The van der Waals surface area contributed by atoms with E-state index in [4.69, 9.17) is 11.6 Å². The average molecular weight is 455 g/mol. The van der Waals surface area contributed by atoms with E-state index in [2.05, 4.69) is 5.32 Å². The van der Waals surface area contributed by atoms with Crippen molar-refractivity contribution in [1.29, 1.82) is 0 Å². The molecule has 1 N–H and O–H groups in total. The summed E-state index contributed by atoms with van der Waals surface area (Å²) in [7, 11) is 3.24. The highest BCUT2D eigenvalue weighted by molar-refractivity contribution is 6.30. The number of hydrogen-bond acceptors (Lipinski definition) is 3. The van der Waals surface area contributed by atoms with Gasteiger partial charge in [0.15, 0.2) is 0 Å². The van der Waals surface area contributed by atoms with Crippen molar-refractivity contribution in [1.82, 2.24) is 4.57 Å². The highest BCUT2D eigenvalue weighted by Gasteiger charge is 2.32. The first-order chi connectivity index (χ1) is 15.2. The molecule has 3 amide bonds. The highest BCUT2D eigenvalue weighted by Crippen LogP contribution is 2.40. The van der Waals surface area contributed by atoms with E-state index in [9.17, 15) is 18.8 Å². The number of anilines is 3. The number of hydrogen-bond donors (Lipinski definition) is 1. The molecule has 164 valence electrons. The summed E-state index contributed by atoms with van der Waals surface area (Å²) in [5.41, 5.74) is 2.72. The van der Waals surface area contributed by atoms with E-state index < -0.39 is 17.8 Å². The molecule has 0 saturated heterocycles. The van der Waals surface area contributed by atoms with Gasteiger partial charge in [0.1, 0.15) is 12.4 Å². The SMILES string of the molecule is Cc1cc2c(n(C)c1=O)-c1ccccc1N(C)C(=O)N2CC(=O)Nc1ccc(Cl)c(F)c1. The van der Waals surface area contributed by atoms with E-state index in [0.29, 0.717) is 28.2 Å². The average Bonchev–Trinajstić information content (AvgIpc) is 2.84. The minimum absolute atomic E-state index is 0.0598. The van der Waals surface area contributed by atoms with Crippen LogP contribution in [0.3, 0.4) is 0 Å². The van der Waals surface area contributed by atoms with Crippen LogP contribution in [0.2, 0.25) is 5.02 Å². The van der Waals surface area contributed by atoms with Gasteiger partial charge >= 0.3 is 6.03 Å². The smallest absolute Gasteiger partial charge is 0.324 e. The second-order valence-electron chi connectivity index (χ2n) is 7.55. The highest BCUT2D eigenvalue weighted by atomic mass is 35.5. The number of nitrogens with one attached hydrogen (secondary N) is 1. The van der Waals surface area contributed by atoms with Gasteiger partial charge in [-0.05, 0) is 37.3 Å². The molecule has 4 rings (SSSR count). The molecule has 1 aromatic heterocycles. The summed E-state index contributed by atoms with van der Waals surface area (Å²) >= 11 is 5.69. The molecule has 0 atom stereocenters. The van der Waals surface area contributed by atoms with Gasteiger partial charge in [0.25, 0.3) is 5.56 Å². The minimum atomic E-state index is -0.665. The van der Waals surface area contributed by atoms with Crippen LogP contribution in [-0.2, 0) is 11.8 Å². The third-order valence-corrected chi connectivity index (χ3v) is 5.71. The zero-order chi connectivity index (χ0) is 23.2.